The van der Waals surface area contributed by atoms with Gasteiger partial charge in [-0.1, -0.05) is 17.7 Å². The van der Waals surface area contributed by atoms with Crippen molar-refractivity contribution >= 4 is 29.2 Å². The van der Waals surface area contributed by atoms with Crippen molar-refractivity contribution in [3.8, 4) is 0 Å². The molecule has 0 aromatic heterocycles. The number of ether oxygens (including phenoxy) is 1. The number of nitrogens with zero attached hydrogens (tertiary/aromatic N) is 1. The third-order valence-corrected chi connectivity index (χ3v) is 3.52. The lowest BCUT2D eigenvalue weighted by Crippen LogP contribution is -2.51. The molecule has 6 nitrogen and oxygen atoms in total. The number of hydrogen-bond donors (Lipinski definition) is 1. The number of esters is 1. The number of alkyl halides is 3. The molecule has 0 saturated carbocycles. The highest BCUT2D eigenvalue weighted by Crippen LogP contribution is 2.37. The van der Waals surface area contributed by atoms with E-state index < -0.39 is 43.0 Å². The topological polar surface area (TPSA) is 75.7 Å². The molecule has 1 aliphatic rings. The van der Waals surface area contributed by atoms with E-state index in [-0.39, 0.29) is 11.4 Å². The number of carbonyl (C=O) groups is 3. The molecular formula is C17H17F3N2O4. The maximum absolute atomic E-state index is 13.5. The molecule has 2 rings (SSSR count). The van der Waals surface area contributed by atoms with E-state index >= 15 is 0 Å². The maximum atomic E-state index is 13.5. The van der Waals surface area contributed by atoms with Gasteiger partial charge in [0, 0.05) is 6.08 Å². The summed E-state index contributed by atoms with van der Waals surface area (Å²) < 4.78 is 45.2. The summed E-state index contributed by atoms with van der Waals surface area (Å²) in [6.07, 6.45) is -4.67. The molecule has 1 aliphatic heterocycles. The van der Waals surface area contributed by atoms with Gasteiger partial charge in [-0.3, -0.25) is 14.5 Å². The van der Waals surface area contributed by atoms with Crippen molar-refractivity contribution in [2.45, 2.75) is 32.5 Å². The SMILES string of the molecule is CC(C)=CC(=O)OCC(=O)N1c2ccccc2NC(=O)C[C@@H]1C(F)(F)F. The molecule has 140 valence electrons. The van der Waals surface area contributed by atoms with Gasteiger partial charge in [0.1, 0.15) is 6.04 Å². The van der Waals surface area contributed by atoms with E-state index in [1.54, 1.807) is 13.8 Å². The minimum atomic E-state index is -4.84. The van der Waals surface area contributed by atoms with Crippen LogP contribution >= 0.6 is 0 Å². The van der Waals surface area contributed by atoms with Gasteiger partial charge < -0.3 is 10.1 Å². The Morgan fingerprint density at radius 3 is 2.58 bits per heavy atom. The minimum Gasteiger partial charge on any atom is -0.452 e. The van der Waals surface area contributed by atoms with E-state index in [1.807, 2.05) is 0 Å². The normalized spacial score (nSPS) is 16.9. The monoisotopic (exact) mass is 370 g/mol. The predicted molar refractivity (Wildman–Crippen MR) is 87.4 cm³/mol. The van der Waals surface area contributed by atoms with Crippen LogP contribution in [-0.2, 0) is 19.1 Å². The summed E-state index contributed by atoms with van der Waals surface area (Å²) in [4.78, 5) is 36.3. The van der Waals surface area contributed by atoms with E-state index in [1.165, 1.54) is 24.3 Å². The second-order valence-corrected chi connectivity index (χ2v) is 5.92. The number of para-hydroxylation sites is 2. The Hall–Kier alpha value is -2.84. The molecule has 0 fully saturated rings. The third-order valence-electron chi connectivity index (χ3n) is 3.52. The Bertz CT molecular complexity index is 755. The average Bonchev–Trinajstić information content (AvgIpc) is 2.67. The molecule has 0 radical (unpaired) electrons. The highest BCUT2D eigenvalue weighted by atomic mass is 19.4. The summed E-state index contributed by atoms with van der Waals surface area (Å²) in [7, 11) is 0. The van der Waals surface area contributed by atoms with Gasteiger partial charge in [-0.25, -0.2) is 4.79 Å². The predicted octanol–water partition coefficient (Wildman–Crippen LogP) is 2.80. The van der Waals surface area contributed by atoms with E-state index in [0.29, 0.717) is 10.5 Å². The number of halogens is 3. The Balaban J connectivity index is 2.36. The molecule has 0 bridgehead atoms. The Kier molecular flexibility index (Phi) is 5.69. The van der Waals surface area contributed by atoms with Gasteiger partial charge in [0.25, 0.3) is 5.91 Å². The first-order valence-corrected chi connectivity index (χ1v) is 7.69. The zero-order valence-corrected chi connectivity index (χ0v) is 14.1. The molecule has 0 saturated heterocycles. The largest absolute Gasteiger partial charge is 0.452 e. The lowest BCUT2D eigenvalue weighted by molar-refractivity contribution is -0.159. The van der Waals surface area contributed by atoms with Crippen LogP contribution in [0.3, 0.4) is 0 Å². The van der Waals surface area contributed by atoms with Crippen molar-refractivity contribution in [3.63, 3.8) is 0 Å². The van der Waals surface area contributed by atoms with Crippen molar-refractivity contribution in [3.05, 3.63) is 35.9 Å². The molecule has 1 aromatic rings. The van der Waals surface area contributed by atoms with E-state index in [9.17, 15) is 27.6 Å². The highest BCUT2D eigenvalue weighted by Gasteiger charge is 2.49. The average molecular weight is 370 g/mol. The first kappa shape index (κ1) is 19.5. The molecule has 0 aliphatic carbocycles. The van der Waals surface area contributed by atoms with Crippen molar-refractivity contribution in [2.24, 2.45) is 0 Å². The van der Waals surface area contributed by atoms with Gasteiger partial charge >= 0.3 is 12.1 Å². The van der Waals surface area contributed by atoms with Crippen molar-refractivity contribution in [2.75, 3.05) is 16.8 Å². The van der Waals surface area contributed by atoms with E-state index in [0.717, 1.165) is 6.08 Å². The molecule has 1 heterocycles. The molecule has 1 atom stereocenters. The molecule has 1 aromatic carbocycles. The summed E-state index contributed by atoms with van der Waals surface area (Å²) in [5, 5.41) is 2.35. The fourth-order valence-corrected chi connectivity index (χ4v) is 2.48. The van der Waals surface area contributed by atoms with Crippen LogP contribution in [0.15, 0.2) is 35.9 Å². The fraction of sp³-hybridized carbons (Fsp3) is 0.353. The van der Waals surface area contributed by atoms with Crippen molar-refractivity contribution in [1.29, 1.82) is 0 Å². The Morgan fingerprint density at radius 1 is 1.31 bits per heavy atom. The van der Waals surface area contributed by atoms with Gasteiger partial charge in [0.05, 0.1) is 17.8 Å². The van der Waals surface area contributed by atoms with E-state index in [4.69, 9.17) is 4.74 Å². The summed E-state index contributed by atoms with van der Waals surface area (Å²) >= 11 is 0. The smallest absolute Gasteiger partial charge is 0.409 e. The second kappa shape index (κ2) is 7.59. The van der Waals surface area contributed by atoms with Gasteiger partial charge in [0.2, 0.25) is 5.91 Å². The molecule has 1 N–H and O–H groups in total. The lowest BCUT2D eigenvalue weighted by atomic mass is 10.1. The molecule has 26 heavy (non-hydrogen) atoms. The number of amides is 2. The number of anilines is 2. The van der Waals surface area contributed by atoms with Crippen LogP contribution in [0.25, 0.3) is 0 Å². The van der Waals surface area contributed by atoms with Crippen LogP contribution in [0.4, 0.5) is 24.5 Å². The molecule has 0 unspecified atom stereocenters. The highest BCUT2D eigenvalue weighted by molar-refractivity contribution is 6.05. The van der Waals surface area contributed by atoms with Gasteiger partial charge in [-0.2, -0.15) is 13.2 Å². The molecule has 0 spiro atoms. The lowest BCUT2D eigenvalue weighted by Gasteiger charge is -2.31. The molecule has 9 heteroatoms. The number of hydrogen-bond acceptors (Lipinski definition) is 4. The first-order chi connectivity index (χ1) is 12.1. The number of benzene rings is 1. The van der Waals surface area contributed by atoms with Crippen LogP contribution in [0.2, 0.25) is 0 Å². The summed E-state index contributed by atoms with van der Waals surface area (Å²) in [5.74, 6) is -2.78. The van der Waals surface area contributed by atoms with Crippen LogP contribution < -0.4 is 10.2 Å². The van der Waals surface area contributed by atoms with Crippen LogP contribution in [-0.4, -0.2) is 36.6 Å². The van der Waals surface area contributed by atoms with Crippen LogP contribution in [0.5, 0.6) is 0 Å². The fourth-order valence-electron chi connectivity index (χ4n) is 2.48. The molecule has 2 amide bonds. The summed E-state index contributed by atoms with van der Waals surface area (Å²) in [6.45, 7) is 2.38. The number of fused-ring (bicyclic) bond motifs is 1. The molecular weight excluding hydrogens is 353 g/mol. The number of allylic oxidation sites excluding steroid dienone is 1. The van der Waals surface area contributed by atoms with Gasteiger partial charge in [-0.05, 0) is 26.0 Å². The van der Waals surface area contributed by atoms with E-state index in [2.05, 4.69) is 5.32 Å². The Morgan fingerprint density at radius 2 is 1.96 bits per heavy atom. The standard InChI is InChI=1S/C17H17F3N2O4/c1-10(2)7-16(25)26-9-15(24)22-12-6-4-3-5-11(12)21-14(23)8-13(22)17(18,19)20/h3-7,13H,8-9H2,1-2H3,(H,21,23)/t13-/m1/s1. The minimum absolute atomic E-state index is 0.0771. The summed E-state index contributed by atoms with van der Waals surface area (Å²) in [5.41, 5.74) is 0.586. The van der Waals surface area contributed by atoms with Crippen molar-refractivity contribution < 1.29 is 32.3 Å². The van der Waals surface area contributed by atoms with Crippen LogP contribution in [0, 0.1) is 0 Å². The summed E-state index contributed by atoms with van der Waals surface area (Å²) in [6, 6.07) is 3.28. The van der Waals surface area contributed by atoms with Crippen molar-refractivity contribution in [1.82, 2.24) is 0 Å². The quantitative estimate of drug-likeness (QED) is 0.656. The number of carbonyl (C=O) groups excluding carboxylic acids is 3. The zero-order chi connectivity index (χ0) is 19.5. The van der Waals surface area contributed by atoms with Crippen LogP contribution in [0.1, 0.15) is 20.3 Å². The van der Waals surface area contributed by atoms with Gasteiger partial charge in [-0.15, -0.1) is 0 Å². The zero-order valence-electron chi connectivity index (χ0n) is 14.1. The van der Waals surface area contributed by atoms with Gasteiger partial charge in [0.15, 0.2) is 6.61 Å². The first-order valence-electron chi connectivity index (χ1n) is 7.69. The maximum Gasteiger partial charge on any atom is 0.409 e. The second-order valence-electron chi connectivity index (χ2n) is 5.92. The number of nitrogens with one attached hydrogen (secondary N) is 1. The third kappa shape index (κ3) is 4.62. The number of rotatable bonds is 3. The Labute approximate surface area is 147 Å².